The molecule has 2 aromatic rings. The van der Waals surface area contributed by atoms with Gasteiger partial charge in [0.05, 0.1) is 7.11 Å². The zero-order valence-corrected chi connectivity index (χ0v) is 12.2. The Morgan fingerprint density at radius 1 is 1.32 bits per heavy atom. The number of aromatic nitrogens is 1. The Hall–Kier alpha value is -2.06. The quantitative estimate of drug-likeness (QED) is 0.922. The highest BCUT2D eigenvalue weighted by Gasteiger charge is 2.15. The van der Waals surface area contributed by atoms with Crippen LogP contribution in [0.25, 0.3) is 11.1 Å². The maximum Gasteiger partial charge on any atom is 0.142 e. The Balaban J connectivity index is 2.78. The van der Waals surface area contributed by atoms with Crippen LogP contribution in [-0.4, -0.2) is 12.1 Å². The number of nitrogens with zero attached hydrogens (tertiary/aromatic N) is 2. The number of aryl methyl sites for hydroxylation is 1. The molecule has 2 N–H and O–H groups in total. The minimum atomic E-state index is 0.236. The molecule has 0 aliphatic rings. The van der Waals surface area contributed by atoms with Crippen molar-refractivity contribution < 1.29 is 4.74 Å². The van der Waals surface area contributed by atoms with Crippen molar-refractivity contribution in [1.29, 1.82) is 5.26 Å². The van der Waals surface area contributed by atoms with Gasteiger partial charge in [0.25, 0.3) is 0 Å². The lowest BCUT2D eigenvalue weighted by Gasteiger charge is -2.12. The van der Waals surface area contributed by atoms with Crippen LogP contribution in [-0.2, 0) is 0 Å². The van der Waals surface area contributed by atoms with Crippen LogP contribution >= 0.6 is 15.9 Å². The highest BCUT2D eigenvalue weighted by Crippen LogP contribution is 2.36. The van der Waals surface area contributed by atoms with E-state index in [4.69, 9.17) is 10.5 Å². The average Bonchev–Trinajstić information content (AvgIpc) is 2.37. The molecule has 1 heterocycles. The van der Waals surface area contributed by atoms with Crippen LogP contribution in [0, 0.1) is 18.3 Å². The zero-order chi connectivity index (χ0) is 14.0. The van der Waals surface area contributed by atoms with E-state index in [1.54, 1.807) is 7.11 Å². The Kier molecular flexibility index (Phi) is 3.72. The van der Waals surface area contributed by atoms with Gasteiger partial charge in [-0.25, -0.2) is 4.98 Å². The molecule has 0 aliphatic carbocycles. The van der Waals surface area contributed by atoms with Crippen molar-refractivity contribution in [1.82, 2.24) is 4.98 Å². The van der Waals surface area contributed by atoms with Gasteiger partial charge in [0.1, 0.15) is 23.2 Å². The van der Waals surface area contributed by atoms with E-state index in [0.29, 0.717) is 11.3 Å². The normalized spacial score (nSPS) is 10.0. The van der Waals surface area contributed by atoms with Crippen LogP contribution in [0.3, 0.4) is 0 Å². The Bertz CT molecular complexity index is 677. The van der Waals surface area contributed by atoms with E-state index >= 15 is 0 Å². The van der Waals surface area contributed by atoms with Gasteiger partial charge in [-0.2, -0.15) is 5.26 Å². The highest BCUT2D eigenvalue weighted by molar-refractivity contribution is 9.10. The summed E-state index contributed by atoms with van der Waals surface area (Å²) in [6, 6.07) is 9.55. The van der Waals surface area contributed by atoms with Crippen molar-refractivity contribution in [2.45, 2.75) is 6.92 Å². The van der Waals surface area contributed by atoms with Gasteiger partial charge in [-0.1, -0.05) is 15.9 Å². The van der Waals surface area contributed by atoms with Gasteiger partial charge in [-0.05, 0) is 31.2 Å². The molecule has 0 spiro atoms. The second-order valence-electron chi connectivity index (χ2n) is 4.03. The SMILES string of the molecule is COc1ccc(Br)cc1-c1cc(C)nc(N)c1C#N. The van der Waals surface area contributed by atoms with Gasteiger partial charge in [-0.15, -0.1) is 0 Å². The molecule has 0 aliphatic heterocycles. The number of methoxy groups -OCH3 is 1. The Morgan fingerprint density at radius 2 is 2.05 bits per heavy atom. The molecule has 96 valence electrons. The first-order valence-electron chi connectivity index (χ1n) is 5.58. The number of benzene rings is 1. The number of pyridine rings is 1. The van der Waals surface area contributed by atoms with E-state index in [0.717, 1.165) is 21.3 Å². The molecule has 0 saturated heterocycles. The van der Waals surface area contributed by atoms with E-state index in [9.17, 15) is 5.26 Å². The first-order valence-corrected chi connectivity index (χ1v) is 6.37. The van der Waals surface area contributed by atoms with Crippen molar-refractivity contribution in [2.24, 2.45) is 0 Å². The van der Waals surface area contributed by atoms with Crippen molar-refractivity contribution >= 4 is 21.7 Å². The maximum atomic E-state index is 9.26. The molecular formula is C14H12BrN3O. The van der Waals surface area contributed by atoms with Crippen LogP contribution in [0.15, 0.2) is 28.7 Å². The minimum Gasteiger partial charge on any atom is -0.496 e. The van der Waals surface area contributed by atoms with Gasteiger partial charge in [0.15, 0.2) is 0 Å². The van der Waals surface area contributed by atoms with Crippen molar-refractivity contribution in [3.05, 3.63) is 40.0 Å². The van der Waals surface area contributed by atoms with Crippen LogP contribution in [0.1, 0.15) is 11.3 Å². The fourth-order valence-corrected chi connectivity index (χ4v) is 2.28. The lowest BCUT2D eigenvalue weighted by molar-refractivity contribution is 0.416. The molecule has 0 bridgehead atoms. The number of hydrogen-bond donors (Lipinski definition) is 1. The molecule has 4 nitrogen and oxygen atoms in total. The number of hydrogen-bond acceptors (Lipinski definition) is 4. The van der Waals surface area contributed by atoms with Crippen LogP contribution in [0.2, 0.25) is 0 Å². The first-order chi connectivity index (χ1) is 9.06. The molecule has 0 saturated carbocycles. The predicted octanol–water partition coefficient (Wildman–Crippen LogP) is 3.28. The molecule has 1 aromatic carbocycles. The number of rotatable bonds is 2. The molecule has 0 amide bonds. The molecule has 1 aromatic heterocycles. The summed E-state index contributed by atoms with van der Waals surface area (Å²) in [6.07, 6.45) is 0. The third-order valence-electron chi connectivity index (χ3n) is 2.74. The van der Waals surface area contributed by atoms with Gasteiger partial charge >= 0.3 is 0 Å². The number of nitrogens with two attached hydrogens (primary N) is 1. The van der Waals surface area contributed by atoms with E-state index < -0.39 is 0 Å². The number of halogens is 1. The molecule has 0 fully saturated rings. The van der Waals surface area contributed by atoms with Crippen LogP contribution in [0.5, 0.6) is 5.75 Å². The number of anilines is 1. The molecule has 5 heteroatoms. The molecule has 2 rings (SSSR count). The zero-order valence-electron chi connectivity index (χ0n) is 10.6. The lowest BCUT2D eigenvalue weighted by Crippen LogP contribution is -2.00. The number of nitriles is 1. The third kappa shape index (κ3) is 2.54. The Labute approximate surface area is 120 Å². The summed E-state index contributed by atoms with van der Waals surface area (Å²) in [5.41, 5.74) is 8.47. The molecular weight excluding hydrogens is 306 g/mol. The fraction of sp³-hybridized carbons (Fsp3) is 0.143. The number of nitrogen functional groups attached to an aromatic ring is 1. The van der Waals surface area contributed by atoms with E-state index in [1.807, 2.05) is 31.2 Å². The van der Waals surface area contributed by atoms with E-state index in [-0.39, 0.29) is 5.82 Å². The van der Waals surface area contributed by atoms with E-state index in [2.05, 4.69) is 27.0 Å². The predicted molar refractivity (Wildman–Crippen MR) is 77.8 cm³/mol. The van der Waals surface area contributed by atoms with Crippen molar-refractivity contribution in [3.63, 3.8) is 0 Å². The summed E-state index contributed by atoms with van der Waals surface area (Å²) in [6.45, 7) is 1.84. The second kappa shape index (κ2) is 5.29. The summed E-state index contributed by atoms with van der Waals surface area (Å²) in [5.74, 6) is 0.921. The minimum absolute atomic E-state index is 0.236. The fourth-order valence-electron chi connectivity index (χ4n) is 1.92. The maximum absolute atomic E-state index is 9.26. The van der Waals surface area contributed by atoms with Crippen LogP contribution < -0.4 is 10.5 Å². The van der Waals surface area contributed by atoms with Gasteiger partial charge in [-0.3, -0.25) is 0 Å². The summed E-state index contributed by atoms with van der Waals surface area (Å²) in [7, 11) is 1.59. The Morgan fingerprint density at radius 3 is 2.68 bits per heavy atom. The summed E-state index contributed by atoms with van der Waals surface area (Å²) in [4.78, 5) is 4.11. The smallest absolute Gasteiger partial charge is 0.142 e. The molecule has 0 radical (unpaired) electrons. The largest absolute Gasteiger partial charge is 0.496 e. The highest BCUT2D eigenvalue weighted by atomic mass is 79.9. The monoisotopic (exact) mass is 317 g/mol. The number of ether oxygens (including phenoxy) is 1. The standard InChI is InChI=1S/C14H12BrN3O/c1-8-5-10(12(7-16)14(17)18-8)11-6-9(15)3-4-13(11)19-2/h3-6H,1-2H3,(H2,17,18). The van der Waals surface area contributed by atoms with E-state index in [1.165, 1.54) is 0 Å². The van der Waals surface area contributed by atoms with Gasteiger partial charge in [0, 0.05) is 21.3 Å². The van der Waals surface area contributed by atoms with Gasteiger partial charge in [0.2, 0.25) is 0 Å². The topological polar surface area (TPSA) is 71.9 Å². The molecule has 19 heavy (non-hydrogen) atoms. The van der Waals surface area contributed by atoms with Crippen molar-refractivity contribution in [3.8, 4) is 22.9 Å². The lowest BCUT2D eigenvalue weighted by atomic mass is 9.99. The average molecular weight is 318 g/mol. The second-order valence-corrected chi connectivity index (χ2v) is 4.94. The first kappa shape index (κ1) is 13.4. The third-order valence-corrected chi connectivity index (χ3v) is 3.23. The summed E-state index contributed by atoms with van der Waals surface area (Å²) < 4.78 is 6.25. The van der Waals surface area contributed by atoms with Crippen molar-refractivity contribution in [2.75, 3.05) is 12.8 Å². The van der Waals surface area contributed by atoms with Crippen LogP contribution in [0.4, 0.5) is 5.82 Å². The molecule has 0 atom stereocenters. The summed E-state index contributed by atoms with van der Waals surface area (Å²) >= 11 is 3.42. The summed E-state index contributed by atoms with van der Waals surface area (Å²) in [5, 5.41) is 9.26. The van der Waals surface area contributed by atoms with Gasteiger partial charge < -0.3 is 10.5 Å². The molecule has 0 unspecified atom stereocenters.